The molecule has 0 aliphatic carbocycles. The standard InChI is InChI=1S/C21H12Cl2NO/c22-16-7-3-5-15(13-16)20-19(25-18-9-2-1-8-17(18)23)11-10-14-6-4-12-24-21(14)20/h1-6,8-13H. The van der Waals surface area contributed by atoms with Gasteiger partial charge in [0.15, 0.2) is 0 Å². The number of aromatic nitrogens is 1. The topological polar surface area (TPSA) is 22.1 Å². The fraction of sp³-hybridized carbons (Fsp3) is 0. The van der Waals surface area contributed by atoms with Crippen LogP contribution in [0.3, 0.4) is 0 Å². The molecule has 0 fully saturated rings. The second-order valence-corrected chi connectivity index (χ2v) is 6.29. The Morgan fingerprint density at radius 3 is 2.60 bits per heavy atom. The highest BCUT2D eigenvalue weighted by Gasteiger charge is 2.14. The molecule has 2 nitrogen and oxygen atoms in total. The molecule has 0 saturated heterocycles. The number of rotatable bonds is 3. The van der Waals surface area contributed by atoms with Gasteiger partial charge in [0.1, 0.15) is 11.5 Å². The minimum absolute atomic E-state index is 0.536. The number of nitrogens with zero attached hydrogens (tertiary/aromatic N) is 1. The van der Waals surface area contributed by atoms with Crippen LogP contribution in [0.2, 0.25) is 10.0 Å². The Balaban J connectivity index is 1.95. The molecular weight excluding hydrogens is 353 g/mol. The normalized spacial score (nSPS) is 10.8. The largest absolute Gasteiger partial charge is 0.455 e. The fourth-order valence-electron chi connectivity index (χ4n) is 2.73. The van der Waals surface area contributed by atoms with Gasteiger partial charge in [-0.05, 0) is 42.0 Å². The molecule has 1 heterocycles. The van der Waals surface area contributed by atoms with E-state index in [-0.39, 0.29) is 0 Å². The number of benzene rings is 3. The molecule has 4 aromatic rings. The van der Waals surface area contributed by atoms with Crippen molar-refractivity contribution in [1.29, 1.82) is 0 Å². The zero-order chi connectivity index (χ0) is 17.2. The smallest absolute Gasteiger partial charge is 0.146 e. The van der Waals surface area contributed by atoms with Crippen molar-refractivity contribution >= 4 is 34.1 Å². The molecule has 0 bridgehead atoms. The Bertz CT molecular complexity index is 1060. The Morgan fingerprint density at radius 2 is 1.76 bits per heavy atom. The molecule has 25 heavy (non-hydrogen) atoms. The maximum absolute atomic E-state index is 6.25. The Morgan fingerprint density at radius 1 is 0.880 bits per heavy atom. The van der Waals surface area contributed by atoms with Gasteiger partial charge in [-0.15, -0.1) is 0 Å². The van der Waals surface area contributed by atoms with Crippen molar-refractivity contribution in [2.75, 3.05) is 0 Å². The lowest BCUT2D eigenvalue weighted by Gasteiger charge is -2.14. The lowest BCUT2D eigenvalue weighted by molar-refractivity contribution is 0.485. The van der Waals surface area contributed by atoms with Gasteiger partial charge < -0.3 is 4.74 Å². The molecule has 0 N–H and O–H groups in total. The zero-order valence-electron chi connectivity index (χ0n) is 13.0. The van der Waals surface area contributed by atoms with E-state index in [9.17, 15) is 0 Å². The Hall–Kier alpha value is -2.55. The molecule has 4 rings (SSSR count). The second-order valence-electron chi connectivity index (χ2n) is 5.47. The minimum atomic E-state index is 0.536. The number of hydrogen-bond donors (Lipinski definition) is 0. The van der Waals surface area contributed by atoms with E-state index in [1.54, 1.807) is 18.3 Å². The quantitative estimate of drug-likeness (QED) is 0.398. The first kappa shape index (κ1) is 15.9. The first-order valence-corrected chi connectivity index (χ1v) is 8.46. The summed E-state index contributed by atoms with van der Waals surface area (Å²) in [5.74, 6) is 1.26. The summed E-state index contributed by atoms with van der Waals surface area (Å²) < 4.78 is 6.12. The van der Waals surface area contributed by atoms with Crippen molar-refractivity contribution < 1.29 is 4.74 Å². The Kier molecular flexibility index (Phi) is 4.31. The van der Waals surface area contributed by atoms with E-state index in [2.05, 4.69) is 11.1 Å². The number of para-hydroxylation sites is 1. The van der Waals surface area contributed by atoms with Crippen molar-refractivity contribution in [2.45, 2.75) is 0 Å². The predicted molar refractivity (Wildman–Crippen MR) is 103 cm³/mol. The van der Waals surface area contributed by atoms with Gasteiger partial charge in [-0.25, -0.2) is 0 Å². The van der Waals surface area contributed by atoms with Crippen LogP contribution in [0.25, 0.3) is 22.0 Å². The predicted octanol–water partition coefficient (Wildman–Crippen LogP) is 6.80. The number of hydrogen-bond acceptors (Lipinski definition) is 2. The molecule has 0 spiro atoms. The molecular formula is C21H12Cl2NO. The number of pyridine rings is 1. The van der Waals surface area contributed by atoms with Crippen LogP contribution in [0.1, 0.15) is 0 Å². The average molecular weight is 365 g/mol. The van der Waals surface area contributed by atoms with E-state index >= 15 is 0 Å². The summed E-state index contributed by atoms with van der Waals surface area (Å²) in [6.07, 6.45) is 1.77. The highest BCUT2D eigenvalue weighted by atomic mass is 35.5. The lowest BCUT2D eigenvalue weighted by Crippen LogP contribution is -1.92. The van der Waals surface area contributed by atoms with Crippen molar-refractivity contribution in [2.24, 2.45) is 0 Å². The van der Waals surface area contributed by atoms with Crippen LogP contribution in [0, 0.1) is 6.07 Å². The molecule has 121 valence electrons. The van der Waals surface area contributed by atoms with Crippen molar-refractivity contribution in [3.63, 3.8) is 0 Å². The van der Waals surface area contributed by atoms with Gasteiger partial charge in [0.05, 0.1) is 16.1 Å². The minimum Gasteiger partial charge on any atom is -0.455 e. The summed E-state index contributed by atoms with van der Waals surface area (Å²) in [7, 11) is 0. The van der Waals surface area contributed by atoms with Crippen molar-refractivity contribution in [1.82, 2.24) is 4.98 Å². The van der Waals surface area contributed by atoms with Crippen molar-refractivity contribution in [3.8, 4) is 22.6 Å². The molecule has 0 atom stereocenters. The third-order valence-corrected chi connectivity index (χ3v) is 4.38. The van der Waals surface area contributed by atoms with Gasteiger partial charge in [0.25, 0.3) is 0 Å². The van der Waals surface area contributed by atoms with Gasteiger partial charge in [0.2, 0.25) is 0 Å². The lowest BCUT2D eigenvalue weighted by atomic mass is 10.0. The monoisotopic (exact) mass is 364 g/mol. The van der Waals surface area contributed by atoms with Crippen LogP contribution in [0.4, 0.5) is 0 Å². The number of fused-ring (bicyclic) bond motifs is 1. The van der Waals surface area contributed by atoms with Gasteiger partial charge >= 0.3 is 0 Å². The van der Waals surface area contributed by atoms with E-state index < -0.39 is 0 Å². The highest BCUT2D eigenvalue weighted by molar-refractivity contribution is 6.32. The number of halogens is 2. The summed E-state index contributed by atoms with van der Waals surface area (Å²) in [6, 6.07) is 23.7. The first-order valence-electron chi connectivity index (χ1n) is 7.70. The Labute approximate surface area is 155 Å². The van der Waals surface area contributed by atoms with E-state index in [1.165, 1.54) is 0 Å². The number of ether oxygens (including phenoxy) is 1. The molecule has 1 radical (unpaired) electrons. The average Bonchev–Trinajstić information content (AvgIpc) is 2.63. The van der Waals surface area contributed by atoms with Gasteiger partial charge in [-0.1, -0.05) is 53.5 Å². The third kappa shape index (κ3) is 3.19. The fourth-order valence-corrected chi connectivity index (χ4v) is 3.08. The van der Waals surface area contributed by atoms with Crippen LogP contribution in [0.5, 0.6) is 11.5 Å². The maximum Gasteiger partial charge on any atom is 0.146 e. The molecule has 4 heteroatoms. The molecule has 3 aromatic carbocycles. The van der Waals surface area contributed by atoms with Crippen LogP contribution in [-0.4, -0.2) is 4.98 Å². The SMILES string of the molecule is Clc1[c]ccc(-c2c(Oc3ccccc3Cl)ccc3cccnc23)c1. The van der Waals surface area contributed by atoms with Crippen LogP contribution in [-0.2, 0) is 0 Å². The summed E-state index contributed by atoms with van der Waals surface area (Å²) in [5, 5.41) is 2.11. The van der Waals surface area contributed by atoms with Gasteiger partial charge in [-0.2, -0.15) is 0 Å². The van der Waals surface area contributed by atoms with E-state index in [1.807, 2.05) is 54.6 Å². The van der Waals surface area contributed by atoms with Crippen LogP contribution < -0.4 is 4.74 Å². The van der Waals surface area contributed by atoms with E-state index in [0.29, 0.717) is 21.5 Å². The molecule has 0 saturated carbocycles. The maximum atomic E-state index is 6.25. The van der Waals surface area contributed by atoms with E-state index in [4.69, 9.17) is 27.9 Å². The van der Waals surface area contributed by atoms with Crippen molar-refractivity contribution in [3.05, 3.63) is 89.0 Å². The zero-order valence-corrected chi connectivity index (χ0v) is 14.6. The van der Waals surface area contributed by atoms with E-state index in [0.717, 1.165) is 22.0 Å². The summed E-state index contributed by atoms with van der Waals surface area (Å²) in [6.45, 7) is 0. The molecule has 0 aliphatic heterocycles. The van der Waals surface area contributed by atoms with Gasteiger partial charge in [0, 0.05) is 22.7 Å². The summed E-state index contributed by atoms with van der Waals surface area (Å²) >= 11 is 12.4. The molecule has 0 unspecified atom stereocenters. The molecule has 0 aliphatic rings. The summed E-state index contributed by atoms with van der Waals surface area (Å²) in [4.78, 5) is 4.55. The first-order chi connectivity index (χ1) is 12.2. The van der Waals surface area contributed by atoms with Crippen LogP contribution >= 0.6 is 23.2 Å². The highest BCUT2D eigenvalue weighted by Crippen LogP contribution is 2.40. The van der Waals surface area contributed by atoms with Gasteiger partial charge in [-0.3, -0.25) is 4.98 Å². The van der Waals surface area contributed by atoms with Crippen LogP contribution in [0.15, 0.2) is 72.9 Å². The second kappa shape index (κ2) is 6.75. The molecule has 0 amide bonds. The summed E-state index contributed by atoms with van der Waals surface area (Å²) in [5.41, 5.74) is 2.62. The molecule has 1 aromatic heterocycles. The third-order valence-electron chi connectivity index (χ3n) is 3.85.